The van der Waals surface area contributed by atoms with Gasteiger partial charge < -0.3 is 14.4 Å². The molecule has 180 valence electrons. The van der Waals surface area contributed by atoms with E-state index in [0.717, 1.165) is 27.8 Å². The van der Waals surface area contributed by atoms with Gasteiger partial charge in [0.2, 0.25) is 5.82 Å². The van der Waals surface area contributed by atoms with E-state index in [1.165, 1.54) is 12.1 Å². The lowest BCUT2D eigenvalue weighted by Gasteiger charge is -2.13. The highest BCUT2D eigenvalue weighted by atomic mass is 19.1. The van der Waals surface area contributed by atoms with Gasteiger partial charge in [0.15, 0.2) is 0 Å². The number of hydrogen-bond donors (Lipinski definition) is 1. The molecule has 4 aromatic rings. The minimum Gasteiger partial charge on any atom is -0.493 e. The van der Waals surface area contributed by atoms with Gasteiger partial charge in [-0.05, 0) is 67.9 Å². The largest absolute Gasteiger partial charge is 0.493 e. The Hall–Kier alpha value is -4.04. The number of aromatic nitrogens is 2. The van der Waals surface area contributed by atoms with E-state index < -0.39 is 5.97 Å². The number of rotatable bonds is 9. The molecule has 4 rings (SSSR count). The molecule has 0 saturated heterocycles. The summed E-state index contributed by atoms with van der Waals surface area (Å²) < 4.78 is 25.3. The Kier molecular flexibility index (Phi) is 7.22. The van der Waals surface area contributed by atoms with Gasteiger partial charge in [0.1, 0.15) is 11.6 Å². The number of aryl methyl sites for hydroxylation is 1. The van der Waals surface area contributed by atoms with Crippen molar-refractivity contribution < 1.29 is 23.6 Å². The van der Waals surface area contributed by atoms with Gasteiger partial charge in [-0.2, -0.15) is 4.98 Å². The van der Waals surface area contributed by atoms with Gasteiger partial charge in [0, 0.05) is 23.2 Å². The minimum absolute atomic E-state index is 0.0305. The molecule has 7 nitrogen and oxygen atoms in total. The maximum Gasteiger partial charge on any atom is 0.317 e. The zero-order valence-corrected chi connectivity index (χ0v) is 19.8. The summed E-state index contributed by atoms with van der Waals surface area (Å²) in [6, 6.07) is 17.8. The number of nitrogens with zero attached hydrogens (tertiary/aromatic N) is 3. The summed E-state index contributed by atoms with van der Waals surface area (Å²) >= 11 is 0. The van der Waals surface area contributed by atoms with Crippen LogP contribution in [0.5, 0.6) is 5.75 Å². The predicted molar refractivity (Wildman–Crippen MR) is 130 cm³/mol. The van der Waals surface area contributed by atoms with Crippen LogP contribution in [0.2, 0.25) is 0 Å². The summed E-state index contributed by atoms with van der Waals surface area (Å²) in [4.78, 5) is 17.1. The highest BCUT2D eigenvalue weighted by Crippen LogP contribution is 2.36. The minimum atomic E-state index is -0.866. The average molecular weight is 476 g/mol. The maximum atomic E-state index is 13.9. The molecule has 0 radical (unpaired) electrons. The molecule has 0 aliphatic heterocycles. The van der Waals surface area contributed by atoms with Crippen molar-refractivity contribution in [1.29, 1.82) is 0 Å². The highest BCUT2D eigenvalue weighted by molar-refractivity contribution is 5.76. The molecule has 0 aliphatic carbocycles. The normalized spacial score (nSPS) is 11.1. The molecular formula is C27H26FN3O4. The molecule has 35 heavy (non-hydrogen) atoms. The van der Waals surface area contributed by atoms with Crippen molar-refractivity contribution in [2.45, 2.75) is 20.4 Å². The summed E-state index contributed by atoms with van der Waals surface area (Å²) in [6.07, 6.45) is 0. The molecule has 0 fully saturated rings. The van der Waals surface area contributed by atoms with Gasteiger partial charge in [-0.1, -0.05) is 35.5 Å². The van der Waals surface area contributed by atoms with Gasteiger partial charge in [-0.15, -0.1) is 0 Å². The molecular weight excluding hydrogens is 449 g/mol. The number of carbonyl (C=O) groups is 1. The first-order valence-electron chi connectivity index (χ1n) is 11.2. The standard InChI is InChI=1S/C27H26FN3O4/c1-4-34-24-13-20(10-12-22(24)23-14-21(28)11-5-17(23)2)27-29-26(30-35-27)19-8-6-18(7-9-19)15-31(3)16-25(32)33/h5-14H,4,15-16H2,1-3H3,(H,32,33). The zero-order valence-electron chi connectivity index (χ0n) is 19.8. The van der Waals surface area contributed by atoms with Crippen LogP contribution in [0.1, 0.15) is 18.1 Å². The van der Waals surface area contributed by atoms with Crippen molar-refractivity contribution in [1.82, 2.24) is 15.0 Å². The summed E-state index contributed by atoms with van der Waals surface area (Å²) in [5.74, 6) is 0.212. The van der Waals surface area contributed by atoms with Gasteiger partial charge in [0.25, 0.3) is 5.89 Å². The highest BCUT2D eigenvalue weighted by Gasteiger charge is 2.16. The maximum absolute atomic E-state index is 13.9. The molecule has 0 atom stereocenters. The molecule has 0 amide bonds. The summed E-state index contributed by atoms with van der Waals surface area (Å²) in [5.41, 5.74) is 4.94. The average Bonchev–Trinajstić information content (AvgIpc) is 3.31. The van der Waals surface area contributed by atoms with Crippen LogP contribution < -0.4 is 4.74 Å². The van der Waals surface area contributed by atoms with Crippen LogP contribution in [-0.2, 0) is 11.3 Å². The van der Waals surface area contributed by atoms with E-state index in [2.05, 4.69) is 10.1 Å². The van der Waals surface area contributed by atoms with Crippen molar-refractivity contribution in [3.8, 4) is 39.7 Å². The van der Waals surface area contributed by atoms with Crippen LogP contribution >= 0.6 is 0 Å². The van der Waals surface area contributed by atoms with Crippen molar-refractivity contribution >= 4 is 5.97 Å². The fraction of sp³-hybridized carbons (Fsp3) is 0.222. The fourth-order valence-electron chi connectivity index (χ4n) is 3.85. The summed E-state index contributed by atoms with van der Waals surface area (Å²) in [6.45, 7) is 4.76. The van der Waals surface area contributed by atoms with E-state index in [0.29, 0.717) is 36.2 Å². The Morgan fingerprint density at radius 2 is 1.80 bits per heavy atom. The molecule has 0 spiro atoms. The Morgan fingerprint density at radius 3 is 2.51 bits per heavy atom. The topological polar surface area (TPSA) is 88.7 Å². The Bertz CT molecular complexity index is 1330. The smallest absolute Gasteiger partial charge is 0.317 e. The summed E-state index contributed by atoms with van der Waals surface area (Å²) in [5, 5.41) is 13.0. The van der Waals surface area contributed by atoms with Gasteiger partial charge in [-0.3, -0.25) is 9.69 Å². The number of hydrogen-bond acceptors (Lipinski definition) is 6. The molecule has 1 aromatic heterocycles. The third-order valence-electron chi connectivity index (χ3n) is 5.51. The van der Waals surface area contributed by atoms with E-state index in [9.17, 15) is 9.18 Å². The van der Waals surface area contributed by atoms with E-state index in [1.54, 1.807) is 18.0 Å². The molecule has 1 N–H and O–H groups in total. The molecule has 8 heteroatoms. The number of carboxylic acids is 1. The molecule has 0 unspecified atom stereocenters. The monoisotopic (exact) mass is 475 g/mol. The molecule has 0 aliphatic rings. The molecule has 0 bridgehead atoms. The fourth-order valence-corrected chi connectivity index (χ4v) is 3.85. The number of aliphatic carboxylic acids is 1. The van der Waals surface area contributed by atoms with Crippen LogP contribution in [0.3, 0.4) is 0 Å². The molecule has 0 saturated carbocycles. The van der Waals surface area contributed by atoms with Crippen LogP contribution in [0, 0.1) is 12.7 Å². The second-order valence-corrected chi connectivity index (χ2v) is 8.29. The lowest BCUT2D eigenvalue weighted by molar-refractivity contribution is -0.138. The molecule has 3 aromatic carbocycles. The van der Waals surface area contributed by atoms with Crippen molar-refractivity contribution in [2.24, 2.45) is 0 Å². The Balaban J connectivity index is 1.58. The van der Waals surface area contributed by atoms with E-state index in [1.807, 2.05) is 56.3 Å². The quantitative estimate of drug-likeness (QED) is 0.345. The molecule has 1 heterocycles. The van der Waals surface area contributed by atoms with E-state index in [4.69, 9.17) is 14.4 Å². The Morgan fingerprint density at radius 1 is 1.06 bits per heavy atom. The number of halogens is 1. The lowest BCUT2D eigenvalue weighted by atomic mass is 9.98. The van der Waals surface area contributed by atoms with Gasteiger partial charge in [0.05, 0.1) is 13.2 Å². The van der Waals surface area contributed by atoms with Crippen molar-refractivity contribution in [2.75, 3.05) is 20.2 Å². The first-order valence-corrected chi connectivity index (χ1v) is 11.2. The SMILES string of the molecule is CCOc1cc(-c2nc(-c3ccc(CN(C)CC(=O)O)cc3)no2)ccc1-c1cc(F)ccc1C. The number of carboxylic acid groups (broad SMARTS) is 1. The second-order valence-electron chi connectivity index (χ2n) is 8.29. The van der Waals surface area contributed by atoms with Crippen LogP contribution in [-0.4, -0.2) is 46.3 Å². The zero-order chi connectivity index (χ0) is 24.9. The van der Waals surface area contributed by atoms with Crippen LogP contribution in [0.4, 0.5) is 4.39 Å². The predicted octanol–water partition coefficient (Wildman–Crippen LogP) is 5.43. The van der Waals surface area contributed by atoms with Crippen molar-refractivity contribution in [3.63, 3.8) is 0 Å². The van der Waals surface area contributed by atoms with Crippen LogP contribution in [0.25, 0.3) is 34.0 Å². The number of benzene rings is 3. The Labute approximate surface area is 202 Å². The third-order valence-corrected chi connectivity index (χ3v) is 5.51. The van der Waals surface area contributed by atoms with Crippen LogP contribution in [0.15, 0.2) is 65.2 Å². The van der Waals surface area contributed by atoms with Gasteiger partial charge >= 0.3 is 5.97 Å². The second kappa shape index (κ2) is 10.5. The number of likely N-dealkylation sites (N-methyl/N-ethyl adjacent to an activating group) is 1. The third kappa shape index (κ3) is 5.73. The van der Waals surface area contributed by atoms with E-state index >= 15 is 0 Å². The first kappa shape index (κ1) is 24.1. The first-order chi connectivity index (χ1) is 16.8. The summed E-state index contributed by atoms with van der Waals surface area (Å²) in [7, 11) is 1.75. The van der Waals surface area contributed by atoms with E-state index in [-0.39, 0.29) is 12.4 Å². The lowest BCUT2D eigenvalue weighted by Crippen LogP contribution is -2.25. The van der Waals surface area contributed by atoms with Gasteiger partial charge in [-0.25, -0.2) is 4.39 Å². The number of ether oxygens (including phenoxy) is 1. The van der Waals surface area contributed by atoms with Crippen molar-refractivity contribution in [3.05, 3.63) is 77.6 Å².